The lowest BCUT2D eigenvalue weighted by Crippen LogP contribution is -2.24. The molecule has 98 valence electrons. The Morgan fingerprint density at radius 1 is 1.42 bits per heavy atom. The number of aliphatic hydroxyl groups excluding tert-OH is 1. The zero-order valence-electron chi connectivity index (χ0n) is 9.91. The summed E-state index contributed by atoms with van der Waals surface area (Å²) in [4.78, 5) is 13.0. The van der Waals surface area contributed by atoms with E-state index in [0.717, 1.165) is 5.56 Å². The van der Waals surface area contributed by atoms with Crippen LogP contribution in [0, 0.1) is 0 Å². The highest BCUT2D eigenvalue weighted by molar-refractivity contribution is 6.33. The fourth-order valence-electron chi connectivity index (χ4n) is 2.09. The Morgan fingerprint density at radius 2 is 2.21 bits per heavy atom. The van der Waals surface area contributed by atoms with Crippen LogP contribution in [0.25, 0.3) is 11.3 Å². The smallest absolute Gasteiger partial charge is 0.234 e. The van der Waals surface area contributed by atoms with Crippen LogP contribution in [0.3, 0.4) is 0 Å². The normalized spacial score (nSPS) is 19.2. The van der Waals surface area contributed by atoms with Crippen molar-refractivity contribution in [3.63, 3.8) is 0 Å². The van der Waals surface area contributed by atoms with Crippen LogP contribution in [0.2, 0.25) is 5.02 Å². The molecule has 3 rings (SSSR count). The van der Waals surface area contributed by atoms with Gasteiger partial charge in [-0.15, -0.1) is 0 Å². The van der Waals surface area contributed by atoms with Gasteiger partial charge in [0.1, 0.15) is 5.69 Å². The predicted molar refractivity (Wildman–Crippen MR) is 69.9 cm³/mol. The lowest BCUT2D eigenvalue weighted by molar-refractivity contribution is -0.117. The fourth-order valence-corrected chi connectivity index (χ4v) is 2.32. The summed E-state index contributed by atoms with van der Waals surface area (Å²) in [5, 5.41) is 13.9. The van der Waals surface area contributed by atoms with E-state index in [9.17, 15) is 9.90 Å². The average Bonchev–Trinajstić information content (AvgIpc) is 2.96. The maximum atomic E-state index is 11.6. The number of carbonyl (C=O) groups is 1. The first kappa shape index (κ1) is 12.2. The van der Waals surface area contributed by atoms with Crippen molar-refractivity contribution in [2.24, 2.45) is 0 Å². The Bertz CT molecular complexity index is 626. The van der Waals surface area contributed by atoms with Crippen molar-refractivity contribution in [2.75, 3.05) is 11.4 Å². The Morgan fingerprint density at radius 3 is 2.89 bits per heavy atom. The minimum atomic E-state index is -0.652. The Balaban J connectivity index is 1.92. The highest BCUT2D eigenvalue weighted by atomic mass is 35.5. The maximum absolute atomic E-state index is 11.6. The van der Waals surface area contributed by atoms with Gasteiger partial charge in [-0.25, -0.2) is 0 Å². The summed E-state index contributed by atoms with van der Waals surface area (Å²) in [5.41, 5.74) is 1.31. The van der Waals surface area contributed by atoms with Crippen molar-refractivity contribution in [3.05, 3.63) is 35.4 Å². The molecule has 1 amide bonds. The second-order valence-corrected chi connectivity index (χ2v) is 4.80. The largest absolute Gasteiger partial charge is 0.391 e. The molecule has 0 spiro atoms. The van der Waals surface area contributed by atoms with Crippen LogP contribution in [0.5, 0.6) is 0 Å². The number of amides is 1. The van der Waals surface area contributed by atoms with Crippen molar-refractivity contribution < 1.29 is 14.4 Å². The van der Waals surface area contributed by atoms with Gasteiger partial charge < -0.3 is 9.63 Å². The molecule has 5 nitrogen and oxygen atoms in total. The van der Waals surface area contributed by atoms with Gasteiger partial charge in [-0.1, -0.05) is 35.0 Å². The number of aliphatic hydroxyl groups is 1. The number of nitrogens with zero attached hydrogens (tertiary/aromatic N) is 2. The second kappa shape index (κ2) is 4.68. The van der Waals surface area contributed by atoms with Crippen LogP contribution >= 0.6 is 11.6 Å². The SMILES string of the molecule is O=C1CC(O)CN1c1cc(-c2ccccc2Cl)no1. The van der Waals surface area contributed by atoms with Gasteiger partial charge in [0.2, 0.25) is 11.8 Å². The number of carbonyl (C=O) groups excluding carboxylic acids is 1. The molecule has 1 atom stereocenters. The van der Waals surface area contributed by atoms with Gasteiger partial charge in [0.05, 0.1) is 24.1 Å². The number of halogens is 1. The zero-order chi connectivity index (χ0) is 13.4. The lowest BCUT2D eigenvalue weighted by atomic mass is 10.1. The highest BCUT2D eigenvalue weighted by Crippen LogP contribution is 2.31. The van der Waals surface area contributed by atoms with Crippen molar-refractivity contribution in [2.45, 2.75) is 12.5 Å². The minimum Gasteiger partial charge on any atom is -0.391 e. The molecular formula is C13H11ClN2O3. The topological polar surface area (TPSA) is 66.6 Å². The fraction of sp³-hybridized carbons (Fsp3) is 0.231. The maximum Gasteiger partial charge on any atom is 0.234 e. The lowest BCUT2D eigenvalue weighted by Gasteiger charge is -2.09. The molecule has 1 fully saturated rings. The molecule has 1 saturated heterocycles. The number of benzene rings is 1. The van der Waals surface area contributed by atoms with Crippen LogP contribution in [0.1, 0.15) is 6.42 Å². The zero-order valence-corrected chi connectivity index (χ0v) is 10.7. The molecule has 1 aromatic carbocycles. The minimum absolute atomic E-state index is 0.113. The number of β-amino-alcohol motifs (C(OH)–C–C–N with tert-alkyl or cyclic N) is 1. The van der Waals surface area contributed by atoms with Gasteiger partial charge in [0.25, 0.3) is 0 Å². The van der Waals surface area contributed by atoms with Crippen molar-refractivity contribution in [1.29, 1.82) is 0 Å². The standard InChI is InChI=1S/C13H11ClN2O3/c14-10-4-2-1-3-9(10)11-6-13(19-15-11)16-7-8(17)5-12(16)18/h1-4,6,8,17H,5,7H2. The van der Waals surface area contributed by atoms with E-state index in [2.05, 4.69) is 5.16 Å². The number of hydrogen-bond donors (Lipinski definition) is 1. The molecule has 2 heterocycles. The van der Waals surface area contributed by atoms with Gasteiger partial charge in [0, 0.05) is 11.6 Å². The highest BCUT2D eigenvalue weighted by Gasteiger charge is 2.31. The Hall–Kier alpha value is -1.85. The number of aromatic nitrogens is 1. The summed E-state index contributed by atoms with van der Waals surface area (Å²) in [6.07, 6.45) is -0.538. The van der Waals surface area contributed by atoms with E-state index in [4.69, 9.17) is 16.1 Å². The van der Waals surface area contributed by atoms with Gasteiger partial charge in [-0.3, -0.25) is 9.69 Å². The number of rotatable bonds is 2. The van der Waals surface area contributed by atoms with Gasteiger partial charge in [-0.05, 0) is 6.07 Å². The third-order valence-electron chi connectivity index (χ3n) is 3.02. The first-order chi connectivity index (χ1) is 9.15. The Kier molecular flexibility index (Phi) is 3.00. The number of anilines is 1. The number of hydrogen-bond acceptors (Lipinski definition) is 4. The quantitative estimate of drug-likeness (QED) is 0.913. The van der Waals surface area contributed by atoms with Crippen LogP contribution in [-0.2, 0) is 4.79 Å². The molecule has 0 aliphatic carbocycles. The molecule has 1 N–H and O–H groups in total. The summed E-state index contributed by atoms with van der Waals surface area (Å²) >= 11 is 6.08. The first-order valence-corrected chi connectivity index (χ1v) is 6.23. The third-order valence-corrected chi connectivity index (χ3v) is 3.35. The van der Waals surface area contributed by atoms with Crippen LogP contribution in [0.15, 0.2) is 34.9 Å². The van der Waals surface area contributed by atoms with E-state index in [1.165, 1.54) is 4.90 Å². The monoisotopic (exact) mass is 278 g/mol. The van der Waals surface area contributed by atoms with Crippen molar-refractivity contribution >= 4 is 23.4 Å². The molecule has 1 aliphatic rings. The van der Waals surface area contributed by atoms with E-state index in [1.54, 1.807) is 12.1 Å². The summed E-state index contributed by atoms with van der Waals surface area (Å²) in [5.74, 6) is 0.158. The average molecular weight is 279 g/mol. The summed E-state index contributed by atoms with van der Waals surface area (Å²) in [6.45, 7) is 0.232. The Labute approximate surface area is 114 Å². The van der Waals surface area contributed by atoms with Gasteiger partial charge >= 0.3 is 0 Å². The van der Waals surface area contributed by atoms with Crippen LogP contribution in [-0.4, -0.2) is 28.8 Å². The van der Waals surface area contributed by atoms with Crippen molar-refractivity contribution in [1.82, 2.24) is 5.16 Å². The molecule has 6 heteroatoms. The van der Waals surface area contributed by atoms with Crippen LogP contribution < -0.4 is 4.90 Å². The molecule has 1 unspecified atom stereocenters. The van der Waals surface area contributed by atoms with Gasteiger partial charge in [-0.2, -0.15) is 0 Å². The van der Waals surface area contributed by atoms with E-state index >= 15 is 0 Å². The summed E-state index contributed by atoms with van der Waals surface area (Å²) in [7, 11) is 0. The van der Waals surface area contributed by atoms with Gasteiger partial charge in [0.15, 0.2) is 0 Å². The van der Waals surface area contributed by atoms with E-state index in [1.807, 2.05) is 18.2 Å². The first-order valence-electron chi connectivity index (χ1n) is 5.85. The molecular weight excluding hydrogens is 268 g/mol. The molecule has 1 aliphatic heterocycles. The predicted octanol–water partition coefficient (Wildman–Crippen LogP) is 2.09. The molecule has 0 bridgehead atoms. The van der Waals surface area contributed by atoms with Crippen molar-refractivity contribution in [3.8, 4) is 11.3 Å². The third kappa shape index (κ3) is 2.22. The molecule has 1 aromatic heterocycles. The molecule has 0 saturated carbocycles. The van der Waals surface area contributed by atoms with E-state index in [0.29, 0.717) is 16.6 Å². The van der Waals surface area contributed by atoms with E-state index in [-0.39, 0.29) is 18.9 Å². The molecule has 19 heavy (non-hydrogen) atoms. The molecule has 2 aromatic rings. The summed E-state index contributed by atoms with van der Waals surface area (Å²) in [6, 6.07) is 8.91. The molecule has 0 radical (unpaired) electrons. The second-order valence-electron chi connectivity index (χ2n) is 4.39. The summed E-state index contributed by atoms with van der Waals surface area (Å²) < 4.78 is 5.16. The van der Waals surface area contributed by atoms with Crippen LogP contribution in [0.4, 0.5) is 5.88 Å². The van der Waals surface area contributed by atoms with E-state index < -0.39 is 6.10 Å².